The fourth-order valence-electron chi connectivity index (χ4n) is 0.958. The zero-order valence-electron chi connectivity index (χ0n) is 8.22. The van der Waals surface area contributed by atoms with E-state index in [0.717, 1.165) is 11.8 Å². The maximum absolute atomic E-state index is 10.1. The summed E-state index contributed by atoms with van der Waals surface area (Å²) in [5.74, 6) is -0.159. The van der Waals surface area contributed by atoms with E-state index < -0.39 is 5.97 Å². The molecule has 0 radical (unpaired) electrons. The first-order chi connectivity index (χ1) is 7.29. The molecule has 0 fully saturated rings. The van der Waals surface area contributed by atoms with E-state index in [-0.39, 0.29) is 0 Å². The number of hydrogen-bond acceptors (Lipinski definition) is 3. The van der Waals surface area contributed by atoms with Crippen LogP contribution >= 0.6 is 0 Å². The standard InChI is InChI=1S/C11H13NO3/c13-11(14)6-7-12-8-9-15-10-4-2-1-3-5-10/h1-7,12H,8-9H2,(H,13,14)/b7-6+. The molecule has 1 aromatic carbocycles. The highest BCUT2D eigenvalue weighted by atomic mass is 16.5. The van der Waals surface area contributed by atoms with Crippen LogP contribution in [0.25, 0.3) is 0 Å². The number of rotatable bonds is 6. The number of aliphatic carboxylic acids is 1. The van der Waals surface area contributed by atoms with Crippen molar-refractivity contribution in [2.75, 3.05) is 13.2 Å². The molecule has 0 aliphatic carbocycles. The lowest BCUT2D eigenvalue weighted by Crippen LogP contribution is -2.15. The number of hydrogen-bond donors (Lipinski definition) is 2. The average Bonchev–Trinajstić information content (AvgIpc) is 2.24. The number of benzene rings is 1. The monoisotopic (exact) mass is 207 g/mol. The Bertz CT molecular complexity index is 322. The Labute approximate surface area is 88.2 Å². The lowest BCUT2D eigenvalue weighted by atomic mass is 10.3. The molecule has 4 heteroatoms. The zero-order chi connectivity index (χ0) is 10.9. The fraction of sp³-hybridized carbons (Fsp3) is 0.182. The predicted molar refractivity (Wildman–Crippen MR) is 56.7 cm³/mol. The molecule has 0 unspecified atom stereocenters. The molecular weight excluding hydrogens is 194 g/mol. The van der Waals surface area contributed by atoms with Gasteiger partial charge in [-0.3, -0.25) is 0 Å². The van der Waals surface area contributed by atoms with Crippen molar-refractivity contribution in [2.45, 2.75) is 0 Å². The average molecular weight is 207 g/mol. The molecule has 1 aromatic rings. The van der Waals surface area contributed by atoms with Gasteiger partial charge in [-0.2, -0.15) is 0 Å². The third-order valence-electron chi connectivity index (χ3n) is 1.60. The first-order valence-electron chi connectivity index (χ1n) is 4.60. The van der Waals surface area contributed by atoms with Crippen LogP contribution in [0.1, 0.15) is 0 Å². The molecule has 15 heavy (non-hydrogen) atoms. The molecule has 1 rings (SSSR count). The highest BCUT2D eigenvalue weighted by molar-refractivity contribution is 5.79. The predicted octanol–water partition coefficient (Wildman–Crippen LogP) is 1.25. The SMILES string of the molecule is O=C(O)/C=C/NCCOc1ccccc1. The molecular formula is C11H13NO3. The Kier molecular flexibility index (Phi) is 4.80. The van der Waals surface area contributed by atoms with Crippen LogP contribution in [0.15, 0.2) is 42.6 Å². The molecule has 2 N–H and O–H groups in total. The number of carbonyl (C=O) groups is 1. The van der Waals surface area contributed by atoms with E-state index in [1.54, 1.807) is 0 Å². The molecule has 0 aliphatic rings. The highest BCUT2D eigenvalue weighted by Crippen LogP contribution is 2.07. The van der Waals surface area contributed by atoms with Gasteiger partial charge in [0.1, 0.15) is 12.4 Å². The van der Waals surface area contributed by atoms with Crippen LogP contribution in [0, 0.1) is 0 Å². The lowest BCUT2D eigenvalue weighted by molar-refractivity contribution is -0.131. The minimum atomic E-state index is -0.966. The van der Waals surface area contributed by atoms with Gasteiger partial charge in [0.05, 0.1) is 0 Å². The first-order valence-corrected chi connectivity index (χ1v) is 4.60. The Morgan fingerprint density at radius 2 is 2.13 bits per heavy atom. The third kappa shape index (κ3) is 5.36. The summed E-state index contributed by atoms with van der Waals surface area (Å²) in [5, 5.41) is 11.1. The number of para-hydroxylation sites is 1. The summed E-state index contributed by atoms with van der Waals surface area (Å²) in [7, 11) is 0. The molecule has 0 saturated carbocycles. The van der Waals surface area contributed by atoms with Crippen LogP contribution < -0.4 is 10.1 Å². The Morgan fingerprint density at radius 3 is 2.80 bits per heavy atom. The fourth-order valence-corrected chi connectivity index (χ4v) is 0.958. The molecule has 0 atom stereocenters. The van der Waals surface area contributed by atoms with Crippen molar-refractivity contribution in [1.29, 1.82) is 0 Å². The quantitative estimate of drug-likeness (QED) is 0.544. The van der Waals surface area contributed by atoms with Crippen LogP contribution in [-0.2, 0) is 4.79 Å². The second-order valence-corrected chi connectivity index (χ2v) is 2.79. The number of carboxylic acids is 1. The van der Waals surface area contributed by atoms with Gasteiger partial charge in [0, 0.05) is 18.8 Å². The summed E-state index contributed by atoms with van der Waals surface area (Å²) in [6, 6.07) is 9.45. The van der Waals surface area contributed by atoms with Crippen LogP contribution in [-0.4, -0.2) is 24.2 Å². The van der Waals surface area contributed by atoms with Crippen molar-refractivity contribution in [2.24, 2.45) is 0 Å². The lowest BCUT2D eigenvalue weighted by Gasteiger charge is -2.04. The van der Waals surface area contributed by atoms with Crippen molar-refractivity contribution in [3.8, 4) is 5.75 Å². The van der Waals surface area contributed by atoms with E-state index in [0.29, 0.717) is 13.2 Å². The van der Waals surface area contributed by atoms with Crippen molar-refractivity contribution < 1.29 is 14.6 Å². The third-order valence-corrected chi connectivity index (χ3v) is 1.60. The summed E-state index contributed by atoms with van der Waals surface area (Å²) >= 11 is 0. The normalized spacial score (nSPS) is 10.1. The van der Waals surface area contributed by atoms with Crippen molar-refractivity contribution in [1.82, 2.24) is 5.32 Å². The molecule has 0 saturated heterocycles. The van der Waals surface area contributed by atoms with Gasteiger partial charge >= 0.3 is 5.97 Å². The summed E-state index contributed by atoms with van der Waals surface area (Å²) in [6.45, 7) is 1.06. The van der Waals surface area contributed by atoms with Gasteiger partial charge in [0.15, 0.2) is 0 Å². The Balaban J connectivity index is 2.10. The van der Waals surface area contributed by atoms with E-state index in [1.807, 2.05) is 30.3 Å². The molecule has 0 aromatic heterocycles. The highest BCUT2D eigenvalue weighted by Gasteiger charge is 1.89. The second-order valence-electron chi connectivity index (χ2n) is 2.79. The van der Waals surface area contributed by atoms with Gasteiger partial charge in [-0.05, 0) is 12.1 Å². The molecule has 0 spiro atoms. The van der Waals surface area contributed by atoms with Gasteiger partial charge < -0.3 is 15.2 Å². The van der Waals surface area contributed by atoms with Crippen molar-refractivity contribution in [3.63, 3.8) is 0 Å². The largest absolute Gasteiger partial charge is 0.492 e. The summed E-state index contributed by atoms with van der Waals surface area (Å²) in [5.41, 5.74) is 0. The molecule has 0 amide bonds. The van der Waals surface area contributed by atoms with Gasteiger partial charge in [0.25, 0.3) is 0 Å². The molecule has 0 heterocycles. The van der Waals surface area contributed by atoms with Crippen LogP contribution in [0.5, 0.6) is 5.75 Å². The second kappa shape index (κ2) is 6.48. The van der Waals surface area contributed by atoms with E-state index >= 15 is 0 Å². The summed E-state index contributed by atoms with van der Waals surface area (Å²) in [4.78, 5) is 10.1. The summed E-state index contributed by atoms with van der Waals surface area (Å²) < 4.78 is 5.37. The van der Waals surface area contributed by atoms with Crippen molar-refractivity contribution >= 4 is 5.97 Å². The van der Waals surface area contributed by atoms with Gasteiger partial charge in [-0.15, -0.1) is 0 Å². The molecule has 4 nitrogen and oxygen atoms in total. The molecule has 0 aliphatic heterocycles. The maximum atomic E-state index is 10.1. The molecule has 80 valence electrons. The maximum Gasteiger partial charge on any atom is 0.329 e. The van der Waals surface area contributed by atoms with Crippen molar-refractivity contribution in [3.05, 3.63) is 42.6 Å². The zero-order valence-corrected chi connectivity index (χ0v) is 8.22. The van der Waals surface area contributed by atoms with Gasteiger partial charge in [-0.25, -0.2) is 4.79 Å². The van der Waals surface area contributed by atoms with E-state index in [9.17, 15) is 4.79 Å². The Hall–Kier alpha value is -1.97. The Morgan fingerprint density at radius 1 is 1.40 bits per heavy atom. The number of ether oxygens (including phenoxy) is 1. The van der Waals surface area contributed by atoms with Crippen LogP contribution in [0.3, 0.4) is 0 Å². The van der Waals surface area contributed by atoms with E-state index in [1.165, 1.54) is 6.20 Å². The number of nitrogens with one attached hydrogen (secondary N) is 1. The van der Waals surface area contributed by atoms with E-state index in [2.05, 4.69) is 5.32 Å². The van der Waals surface area contributed by atoms with Gasteiger partial charge in [0.2, 0.25) is 0 Å². The van der Waals surface area contributed by atoms with Crippen LogP contribution in [0.4, 0.5) is 0 Å². The smallest absolute Gasteiger partial charge is 0.329 e. The minimum absolute atomic E-state index is 0.494. The topological polar surface area (TPSA) is 58.6 Å². The summed E-state index contributed by atoms with van der Waals surface area (Å²) in [6.07, 6.45) is 2.43. The van der Waals surface area contributed by atoms with Crippen LogP contribution in [0.2, 0.25) is 0 Å². The van der Waals surface area contributed by atoms with Gasteiger partial charge in [-0.1, -0.05) is 18.2 Å². The molecule has 0 bridgehead atoms. The number of carboxylic acid groups (broad SMARTS) is 1. The van der Waals surface area contributed by atoms with E-state index in [4.69, 9.17) is 9.84 Å². The first kappa shape index (κ1) is 11.1. The minimum Gasteiger partial charge on any atom is -0.492 e.